The molecule has 8 heteroatoms. The number of nitrogens with one attached hydrogen (secondary N) is 2. The fourth-order valence-corrected chi connectivity index (χ4v) is 2.46. The number of hydrogen-bond donors (Lipinski definition) is 2. The number of methoxy groups -OCH3 is 2. The Kier molecular flexibility index (Phi) is 7.42. The third-order valence-corrected chi connectivity index (χ3v) is 3.93. The Bertz CT molecular complexity index is 777. The Balaban J connectivity index is 1.69. The van der Waals surface area contributed by atoms with Gasteiger partial charge in [0.05, 0.1) is 19.1 Å². The van der Waals surface area contributed by atoms with Crippen LogP contribution in [0.25, 0.3) is 0 Å². The molecule has 1 amide bonds. The normalized spacial score (nSPS) is 10.1. The number of carbonyl (C=O) groups excluding carboxylic acids is 1. The van der Waals surface area contributed by atoms with Crippen molar-refractivity contribution < 1.29 is 19.2 Å². The zero-order valence-electron chi connectivity index (χ0n) is 15.4. The van der Waals surface area contributed by atoms with Crippen LogP contribution in [-0.2, 0) is 11.3 Å². The number of nitro groups is 1. The summed E-state index contributed by atoms with van der Waals surface area (Å²) in [5.41, 5.74) is 1.76. The van der Waals surface area contributed by atoms with Gasteiger partial charge in [-0.05, 0) is 36.2 Å². The van der Waals surface area contributed by atoms with Gasteiger partial charge in [0.1, 0.15) is 0 Å². The molecule has 2 aromatic carbocycles. The molecular formula is C19H23N3O5. The highest BCUT2D eigenvalue weighted by atomic mass is 16.6. The first-order valence-corrected chi connectivity index (χ1v) is 8.49. The summed E-state index contributed by atoms with van der Waals surface area (Å²) in [6.45, 7) is 1.01. The fourth-order valence-electron chi connectivity index (χ4n) is 2.46. The smallest absolute Gasteiger partial charge is 0.269 e. The van der Waals surface area contributed by atoms with E-state index in [4.69, 9.17) is 9.47 Å². The van der Waals surface area contributed by atoms with E-state index in [1.807, 2.05) is 12.1 Å². The van der Waals surface area contributed by atoms with Gasteiger partial charge in [-0.2, -0.15) is 0 Å². The number of nitro benzene ring substituents is 1. The first-order valence-electron chi connectivity index (χ1n) is 8.49. The maximum Gasteiger partial charge on any atom is 0.269 e. The summed E-state index contributed by atoms with van der Waals surface area (Å²) >= 11 is 0. The molecule has 144 valence electrons. The van der Waals surface area contributed by atoms with E-state index in [1.165, 1.54) is 12.1 Å². The summed E-state index contributed by atoms with van der Waals surface area (Å²) in [7, 11) is 3.14. The minimum absolute atomic E-state index is 0.0460. The first-order chi connectivity index (χ1) is 13.0. The van der Waals surface area contributed by atoms with E-state index in [0.717, 1.165) is 11.3 Å². The van der Waals surface area contributed by atoms with Gasteiger partial charge in [-0.1, -0.05) is 6.07 Å². The summed E-state index contributed by atoms with van der Waals surface area (Å²) < 4.78 is 10.4. The second-order valence-corrected chi connectivity index (χ2v) is 5.80. The topological polar surface area (TPSA) is 103 Å². The summed E-state index contributed by atoms with van der Waals surface area (Å²) in [5, 5.41) is 16.6. The van der Waals surface area contributed by atoms with E-state index in [1.54, 1.807) is 32.4 Å². The highest BCUT2D eigenvalue weighted by Crippen LogP contribution is 2.27. The summed E-state index contributed by atoms with van der Waals surface area (Å²) in [6, 6.07) is 11.7. The lowest BCUT2D eigenvalue weighted by Crippen LogP contribution is -2.23. The molecular weight excluding hydrogens is 350 g/mol. The third-order valence-electron chi connectivity index (χ3n) is 3.93. The van der Waals surface area contributed by atoms with Crippen LogP contribution in [0.5, 0.6) is 11.5 Å². The minimum Gasteiger partial charge on any atom is -0.493 e. The standard InChI is InChI=1S/C19H23N3O5/c1-26-17-10-5-14(12-18(17)27-2)13-21-19(23)4-3-11-20-15-6-8-16(9-7-15)22(24)25/h5-10,12,20H,3-4,11,13H2,1-2H3,(H,21,23). The molecule has 0 fully saturated rings. The summed E-state index contributed by atoms with van der Waals surface area (Å²) in [6.07, 6.45) is 1.03. The monoisotopic (exact) mass is 373 g/mol. The van der Waals surface area contributed by atoms with Crippen LogP contribution in [0.2, 0.25) is 0 Å². The number of amides is 1. The van der Waals surface area contributed by atoms with Crippen LogP contribution in [0.3, 0.4) is 0 Å². The highest BCUT2D eigenvalue weighted by molar-refractivity contribution is 5.75. The quantitative estimate of drug-likeness (QED) is 0.377. The van der Waals surface area contributed by atoms with Gasteiger partial charge < -0.3 is 20.1 Å². The van der Waals surface area contributed by atoms with Crippen molar-refractivity contribution in [2.45, 2.75) is 19.4 Å². The van der Waals surface area contributed by atoms with Gasteiger partial charge >= 0.3 is 0 Å². The Hall–Kier alpha value is -3.29. The van der Waals surface area contributed by atoms with E-state index >= 15 is 0 Å². The van der Waals surface area contributed by atoms with E-state index in [9.17, 15) is 14.9 Å². The largest absolute Gasteiger partial charge is 0.493 e. The molecule has 0 aliphatic rings. The Morgan fingerprint density at radius 3 is 2.41 bits per heavy atom. The van der Waals surface area contributed by atoms with Gasteiger partial charge in [0.25, 0.3) is 5.69 Å². The van der Waals surface area contributed by atoms with E-state index in [2.05, 4.69) is 10.6 Å². The van der Waals surface area contributed by atoms with Crippen molar-refractivity contribution in [1.82, 2.24) is 5.32 Å². The molecule has 0 radical (unpaired) electrons. The van der Waals surface area contributed by atoms with Crippen LogP contribution in [-0.4, -0.2) is 31.6 Å². The fraction of sp³-hybridized carbons (Fsp3) is 0.316. The van der Waals surface area contributed by atoms with Crippen LogP contribution in [0.4, 0.5) is 11.4 Å². The van der Waals surface area contributed by atoms with Gasteiger partial charge in [0.15, 0.2) is 11.5 Å². The number of rotatable bonds is 10. The first kappa shape index (κ1) is 20.0. The molecule has 0 saturated heterocycles. The third kappa shape index (κ3) is 6.18. The number of benzene rings is 2. The molecule has 8 nitrogen and oxygen atoms in total. The second kappa shape index (κ2) is 10.0. The molecule has 0 aliphatic heterocycles. The highest BCUT2D eigenvalue weighted by Gasteiger charge is 2.07. The predicted molar refractivity (Wildman–Crippen MR) is 102 cm³/mol. The van der Waals surface area contributed by atoms with Crippen molar-refractivity contribution >= 4 is 17.3 Å². The maximum atomic E-state index is 12.0. The van der Waals surface area contributed by atoms with Crippen LogP contribution >= 0.6 is 0 Å². The minimum atomic E-state index is -0.438. The van der Waals surface area contributed by atoms with E-state index in [0.29, 0.717) is 37.4 Å². The number of anilines is 1. The molecule has 27 heavy (non-hydrogen) atoms. The number of carbonyl (C=O) groups is 1. The van der Waals surface area contributed by atoms with Gasteiger partial charge in [0.2, 0.25) is 5.91 Å². The van der Waals surface area contributed by atoms with Crippen molar-refractivity contribution in [1.29, 1.82) is 0 Å². The van der Waals surface area contributed by atoms with Crippen LogP contribution in [0.1, 0.15) is 18.4 Å². The Morgan fingerprint density at radius 1 is 1.07 bits per heavy atom. The molecule has 0 heterocycles. The van der Waals surface area contributed by atoms with E-state index in [-0.39, 0.29) is 11.6 Å². The molecule has 0 aliphatic carbocycles. The number of non-ortho nitro benzene ring substituents is 1. The van der Waals surface area contributed by atoms with Gasteiger partial charge in [-0.25, -0.2) is 0 Å². The van der Waals surface area contributed by atoms with Gasteiger partial charge in [-0.3, -0.25) is 14.9 Å². The SMILES string of the molecule is COc1ccc(CNC(=O)CCCNc2ccc([N+](=O)[O-])cc2)cc1OC. The number of nitrogens with zero attached hydrogens (tertiary/aromatic N) is 1. The zero-order chi connectivity index (χ0) is 19.6. The molecule has 2 N–H and O–H groups in total. The molecule has 0 atom stereocenters. The van der Waals surface area contributed by atoms with E-state index < -0.39 is 4.92 Å². The molecule has 0 unspecified atom stereocenters. The van der Waals surface area contributed by atoms with Crippen molar-refractivity contribution in [3.8, 4) is 11.5 Å². The lowest BCUT2D eigenvalue weighted by molar-refractivity contribution is -0.384. The van der Waals surface area contributed by atoms with Crippen molar-refractivity contribution in [3.05, 3.63) is 58.1 Å². The molecule has 2 rings (SSSR count). The summed E-state index contributed by atoms with van der Waals surface area (Å²) in [5.74, 6) is 1.22. The molecule has 0 saturated carbocycles. The lowest BCUT2D eigenvalue weighted by Gasteiger charge is -2.10. The van der Waals surface area contributed by atoms with Gasteiger partial charge in [0, 0.05) is 37.3 Å². The van der Waals surface area contributed by atoms with Crippen LogP contribution in [0.15, 0.2) is 42.5 Å². The van der Waals surface area contributed by atoms with Crippen molar-refractivity contribution in [2.24, 2.45) is 0 Å². The maximum absolute atomic E-state index is 12.0. The second-order valence-electron chi connectivity index (χ2n) is 5.80. The van der Waals surface area contributed by atoms with Crippen LogP contribution in [0, 0.1) is 10.1 Å². The average Bonchev–Trinajstić information content (AvgIpc) is 2.69. The molecule has 0 spiro atoms. The lowest BCUT2D eigenvalue weighted by atomic mass is 10.2. The van der Waals surface area contributed by atoms with Crippen molar-refractivity contribution in [3.63, 3.8) is 0 Å². The number of ether oxygens (including phenoxy) is 2. The molecule has 0 aromatic heterocycles. The van der Waals surface area contributed by atoms with Crippen LogP contribution < -0.4 is 20.1 Å². The average molecular weight is 373 g/mol. The molecule has 2 aromatic rings. The zero-order valence-corrected chi connectivity index (χ0v) is 15.4. The molecule has 0 bridgehead atoms. The predicted octanol–water partition coefficient (Wildman–Crippen LogP) is 3.12. The van der Waals surface area contributed by atoms with Crippen molar-refractivity contribution in [2.75, 3.05) is 26.1 Å². The van der Waals surface area contributed by atoms with Gasteiger partial charge in [-0.15, -0.1) is 0 Å². The summed E-state index contributed by atoms with van der Waals surface area (Å²) in [4.78, 5) is 22.1. The number of hydrogen-bond acceptors (Lipinski definition) is 6. The Labute approximate surface area is 157 Å². The Morgan fingerprint density at radius 2 is 1.78 bits per heavy atom.